The highest BCUT2D eigenvalue weighted by atomic mass is 16.5. The molecule has 0 radical (unpaired) electrons. The van der Waals surface area contributed by atoms with Gasteiger partial charge in [0.25, 0.3) is 11.5 Å². The Morgan fingerprint density at radius 3 is 2.26 bits per heavy atom. The molecule has 4 aromatic rings. The van der Waals surface area contributed by atoms with E-state index in [-0.39, 0.29) is 30.3 Å². The van der Waals surface area contributed by atoms with Gasteiger partial charge in [0.1, 0.15) is 6.61 Å². The second kappa shape index (κ2) is 12.7. The zero-order valence-electron chi connectivity index (χ0n) is 20.6. The van der Waals surface area contributed by atoms with Crippen LogP contribution in [0.5, 0.6) is 0 Å². The molecule has 1 atom stereocenters. The Labute approximate surface area is 222 Å². The van der Waals surface area contributed by atoms with E-state index in [0.717, 1.165) is 5.56 Å². The molecule has 5 N–H and O–H groups in total. The van der Waals surface area contributed by atoms with Crippen molar-refractivity contribution in [3.63, 3.8) is 0 Å². The molecule has 3 amide bonds. The van der Waals surface area contributed by atoms with Gasteiger partial charge in [-0.1, -0.05) is 60.7 Å². The van der Waals surface area contributed by atoms with Gasteiger partial charge in [-0.05, 0) is 41.5 Å². The number of ether oxygens (including phenoxy) is 1. The molecule has 0 spiro atoms. The van der Waals surface area contributed by atoms with Crippen LogP contribution in [0, 0.1) is 0 Å². The summed E-state index contributed by atoms with van der Waals surface area (Å²) in [5, 5.41) is 23.1. The topological polar surface area (TPSA) is 163 Å². The molecule has 3 aromatic carbocycles. The molecule has 0 saturated heterocycles. The second-order valence-electron chi connectivity index (χ2n) is 8.38. The highest BCUT2D eigenvalue weighted by Gasteiger charge is 2.21. The number of carbonyl (C=O) groups is 3. The van der Waals surface area contributed by atoms with Gasteiger partial charge in [-0.15, -0.1) is 0 Å². The van der Waals surface area contributed by atoms with Crippen molar-refractivity contribution < 1.29 is 24.2 Å². The number of hydrogen-bond donors (Lipinski definition) is 5. The Balaban J connectivity index is 1.55. The van der Waals surface area contributed by atoms with Crippen LogP contribution in [-0.2, 0) is 11.3 Å². The third-order valence-electron chi connectivity index (χ3n) is 5.64. The SMILES string of the molecule is O=C(O)Nc1ccc(-c2cc([C@H](CNC(=O)c3ccccc3)NC(=O)OCc3ccccc3)n[nH]c2=O)cc1. The predicted molar refractivity (Wildman–Crippen MR) is 143 cm³/mol. The minimum atomic E-state index is -1.21. The molecule has 0 aliphatic heterocycles. The van der Waals surface area contributed by atoms with E-state index in [2.05, 4.69) is 26.1 Å². The lowest BCUT2D eigenvalue weighted by molar-refractivity contribution is 0.0945. The van der Waals surface area contributed by atoms with Gasteiger partial charge in [0.05, 0.1) is 17.3 Å². The van der Waals surface area contributed by atoms with E-state index in [1.807, 2.05) is 30.3 Å². The number of H-pyrrole nitrogens is 1. The van der Waals surface area contributed by atoms with Crippen molar-refractivity contribution in [3.8, 4) is 11.1 Å². The minimum Gasteiger partial charge on any atom is -0.465 e. The summed E-state index contributed by atoms with van der Waals surface area (Å²) in [6.07, 6.45) is -1.95. The van der Waals surface area contributed by atoms with Crippen molar-refractivity contribution >= 4 is 23.8 Å². The fraction of sp³-hybridized carbons (Fsp3) is 0.107. The number of aromatic nitrogens is 2. The second-order valence-corrected chi connectivity index (χ2v) is 8.38. The summed E-state index contributed by atoms with van der Waals surface area (Å²) >= 11 is 0. The zero-order chi connectivity index (χ0) is 27.6. The number of aromatic amines is 1. The Hall–Kier alpha value is -5.45. The van der Waals surface area contributed by atoms with Crippen molar-refractivity contribution in [2.45, 2.75) is 12.6 Å². The van der Waals surface area contributed by atoms with Crippen LogP contribution in [0.2, 0.25) is 0 Å². The van der Waals surface area contributed by atoms with Crippen molar-refractivity contribution in [2.24, 2.45) is 0 Å². The maximum atomic E-state index is 12.7. The van der Waals surface area contributed by atoms with E-state index in [4.69, 9.17) is 9.84 Å². The fourth-order valence-corrected chi connectivity index (χ4v) is 3.69. The van der Waals surface area contributed by atoms with Crippen LogP contribution in [0.4, 0.5) is 15.3 Å². The number of nitrogens with zero attached hydrogens (tertiary/aromatic N) is 1. The third-order valence-corrected chi connectivity index (χ3v) is 5.64. The van der Waals surface area contributed by atoms with E-state index >= 15 is 0 Å². The van der Waals surface area contributed by atoms with Gasteiger partial charge in [0, 0.05) is 17.8 Å². The lowest BCUT2D eigenvalue weighted by Gasteiger charge is -2.19. The maximum Gasteiger partial charge on any atom is 0.409 e. The lowest BCUT2D eigenvalue weighted by atomic mass is 10.0. The summed E-state index contributed by atoms with van der Waals surface area (Å²) in [6, 6.07) is 24.5. The van der Waals surface area contributed by atoms with Gasteiger partial charge >= 0.3 is 12.2 Å². The van der Waals surface area contributed by atoms with E-state index < -0.39 is 23.8 Å². The molecule has 0 aliphatic rings. The van der Waals surface area contributed by atoms with Crippen LogP contribution in [-0.4, -0.2) is 39.9 Å². The lowest BCUT2D eigenvalue weighted by Crippen LogP contribution is -2.39. The number of anilines is 1. The van der Waals surface area contributed by atoms with Crippen molar-refractivity contribution in [2.75, 3.05) is 11.9 Å². The number of alkyl carbamates (subject to hydrolysis) is 1. The number of nitrogens with one attached hydrogen (secondary N) is 4. The van der Waals surface area contributed by atoms with Crippen LogP contribution in [0.1, 0.15) is 27.7 Å². The van der Waals surface area contributed by atoms with E-state index in [1.165, 1.54) is 18.2 Å². The molecule has 198 valence electrons. The molecular weight excluding hydrogens is 502 g/mol. The Morgan fingerprint density at radius 1 is 0.923 bits per heavy atom. The molecule has 1 aromatic heterocycles. The third kappa shape index (κ3) is 7.52. The first kappa shape index (κ1) is 26.6. The standard InChI is InChI=1S/C28H25N5O6/c34-25(20-9-5-2-6-10-20)29-16-24(31-28(38)39-17-18-7-3-1-4-8-18)23-15-22(26(35)33-32-23)19-11-13-21(14-12-19)30-27(36)37/h1-15,24,30H,16-17H2,(H,29,34)(H,31,38)(H,33,35)(H,36,37)/t24-/m0/s1. The van der Waals surface area contributed by atoms with Gasteiger partial charge in [0.15, 0.2) is 0 Å². The molecule has 0 saturated carbocycles. The quantitative estimate of drug-likeness (QED) is 0.220. The number of carbonyl (C=O) groups excluding carboxylic acids is 2. The van der Waals surface area contributed by atoms with Crippen LogP contribution in [0.3, 0.4) is 0 Å². The Kier molecular flexibility index (Phi) is 8.65. The Bertz CT molecular complexity index is 1490. The fourth-order valence-electron chi connectivity index (χ4n) is 3.69. The molecule has 0 bridgehead atoms. The van der Waals surface area contributed by atoms with E-state index in [0.29, 0.717) is 16.8 Å². The molecule has 1 heterocycles. The highest BCUT2D eigenvalue weighted by Crippen LogP contribution is 2.21. The summed E-state index contributed by atoms with van der Waals surface area (Å²) in [7, 11) is 0. The van der Waals surface area contributed by atoms with Crippen molar-refractivity contribution in [1.29, 1.82) is 0 Å². The van der Waals surface area contributed by atoms with E-state index in [1.54, 1.807) is 42.5 Å². The molecular formula is C28H25N5O6. The average molecular weight is 528 g/mol. The van der Waals surface area contributed by atoms with Crippen LogP contribution in [0.25, 0.3) is 11.1 Å². The maximum absolute atomic E-state index is 12.7. The predicted octanol–water partition coefficient (Wildman–Crippen LogP) is 3.92. The van der Waals surface area contributed by atoms with Gasteiger partial charge in [-0.25, -0.2) is 14.7 Å². The molecule has 11 nitrogen and oxygen atoms in total. The molecule has 0 aliphatic carbocycles. The van der Waals surface area contributed by atoms with E-state index in [9.17, 15) is 19.2 Å². The van der Waals surface area contributed by atoms with Crippen molar-refractivity contribution in [3.05, 3.63) is 118 Å². The molecule has 0 fully saturated rings. The normalized spacial score (nSPS) is 11.2. The summed E-state index contributed by atoms with van der Waals surface area (Å²) < 4.78 is 5.34. The van der Waals surface area contributed by atoms with Crippen LogP contribution in [0.15, 0.2) is 95.8 Å². The van der Waals surface area contributed by atoms with Gasteiger partial charge in [-0.2, -0.15) is 5.10 Å². The first-order valence-corrected chi connectivity index (χ1v) is 11.9. The summed E-state index contributed by atoms with van der Waals surface area (Å²) in [5.74, 6) is -0.355. The van der Waals surface area contributed by atoms with Gasteiger partial charge in [-0.3, -0.25) is 14.9 Å². The largest absolute Gasteiger partial charge is 0.465 e. The molecule has 11 heteroatoms. The summed E-state index contributed by atoms with van der Waals surface area (Å²) in [6.45, 7) is -0.00901. The monoisotopic (exact) mass is 527 g/mol. The number of amides is 3. The number of rotatable bonds is 9. The number of hydrogen-bond acceptors (Lipinski definition) is 6. The minimum absolute atomic E-state index is 0.0385. The molecule has 39 heavy (non-hydrogen) atoms. The highest BCUT2D eigenvalue weighted by molar-refractivity contribution is 5.94. The summed E-state index contributed by atoms with van der Waals surface area (Å²) in [5.41, 5.74) is 2.08. The first-order valence-electron chi connectivity index (χ1n) is 11.9. The smallest absolute Gasteiger partial charge is 0.409 e. The Morgan fingerprint density at radius 2 is 1.59 bits per heavy atom. The molecule has 4 rings (SSSR count). The summed E-state index contributed by atoms with van der Waals surface area (Å²) in [4.78, 5) is 48.8. The number of carboxylic acid groups (broad SMARTS) is 1. The first-order chi connectivity index (χ1) is 18.9. The molecule has 0 unspecified atom stereocenters. The zero-order valence-corrected chi connectivity index (χ0v) is 20.6. The van der Waals surface area contributed by atoms with Crippen LogP contribution < -0.4 is 21.5 Å². The van der Waals surface area contributed by atoms with Crippen LogP contribution >= 0.6 is 0 Å². The number of benzene rings is 3. The average Bonchev–Trinajstić information content (AvgIpc) is 2.95. The van der Waals surface area contributed by atoms with Gasteiger partial charge < -0.3 is 20.5 Å². The van der Waals surface area contributed by atoms with Crippen molar-refractivity contribution in [1.82, 2.24) is 20.8 Å². The van der Waals surface area contributed by atoms with Gasteiger partial charge in [0.2, 0.25) is 0 Å².